The molecule has 2 aromatic heterocycles. The molecule has 1 aliphatic heterocycles. The quantitative estimate of drug-likeness (QED) is 0.435. The van der Waals surface area contributed by atoms with Crippen molar-refractivity contribution in [3.63, 3.8) is 0 Å². The number of hydrogen-bond donors (Lipinski definition) is 1. The highest BCUT2D eigenvalue weighted by Gasteiger charge is 2.29. The summed E-state index contributed by atoms with van der Waals surface area (Å²) in [6.45, 7) is 3.90. The summed E-state index contributed by atoms with van der Waals surface area (Å²) in [6.07, 6.45) is 0. The second kappa shape index (κ2) is 9.63. The molecule has 8 nitrogen and oxygen atoms in total. The number of carbonyl (C=O) groups excluding carboxylic acids is 1. The van der Waals surface area contributed by atoms with Gasteiger partial charge in [-0.2, -0.15) is 0 Å². The van der Waals surface area contributed by atoms with Crippen LogP contribution in [0.2, 0.25) is 0 Å². The Balaban J connectivity index is 1.57. The van der Waals surface area contributed by atoms with Crippen LogP contribution in [0.5, 0.6) is 0 Å². The molecule has 9 heteroatoms. The zero-order valence-corrected chi connectivity index (χ0v) is 20.1. The van der Waals surface area contributed by atoms with Gasteiger partial charge in [0.2, 0.25) is 5.69 Å². The van der Waals surface area contributed by atoms with Gasteiger partial charge in [0, 0.05) is 31.6 Å². The monoisotopic (exact) mass is 489 g/mol. The van der Waals surface area contributed by atoms with E-state index in [9.17, 15) is 20.0 Å². The van der Waals surface area contributed by atoms with Crippen LogP contribution >= 0.6 is 11.3 Å². The molecule has 4 aromatic rings. The maximum Gasteiger partial charge on any atom is 0.315 e. The number of fused-ring (bicyclic) bond motifs is 1. The first-order chi connectivity index (χ1) is 16.9. The van der Waals surface area contributed by atoms with Crippen LogP contribution in [0.4, 0.5) is 11.4 Å². The van der Waals surface area contributed by atoms with E-state index in [4.69, 9.17) is 0 Å². The van der Waals surface area contributed by atoms with Gasteiger partial charge in [-0.1, -0.05) is 48.0 Å². The van der Waals surface area contributed by atoms with Crippen molar-refractivity contribution < 1.29 is 10.0 Å². The highest BCUT2D eigenvalue weighted by Crippen LogP contribution is 2.32. The normalized spacial score (nSPS) is 14.2. The minimum absolute atomic E-state index is 0.0289. The third kappa shape index (κ3) is 4.46. The Morgan fingerprint density at radius 3 is 2.40 bits per heavy atom. The van der Waals surface area contributed by atoms with Crippen LogP contribution in [-0.4, -0.2) is 41.6 Å². The summed E-state index contributed by atoms with van der Waals surface area (Å²) in [5, 5.41) is 25.7. The minimum atomic E-state index is -1.49. The fourth-order valence-electron chi connectivity index (χ4n) is 4.68. The van der Waals surface area contributed by atoms with E-state index in [1.54, 1.807) is 11.0 Å². The van der Waals surface area contributed by atoms with Crippen LogP contribution in [0.15, 0.2) is 70.8 Å². The van der Waals surface area contributed by atoms with Crippen LogP contribution < -0.4 is 15.7 Å². The number of rotatable bonds is 5. The number of hydrogen-bond acceptors (Lipinski definition) is 6. The lowest BCUT2D eigenvalue weighted by atomic mass is 10.1. The Bertz CT molecular complexity index is 1410. The summed E-state index contributed by atoms with van der Waals surface area (Å²) in [6, 6.07) is 18.8. The van der Waals surface area contributed by atoms with Crippen molar-refractivity contribution in [2.45, 2.75) is 13.5 Å². The predicted octanol–water partition coefficient (Wildman–Crippen LogP) is 2.89. The Labute approximate surface area is 206 Å². The average Bonchev–Trinajstić information content (AvgIpc) is 3.40. The number of piperazine rings is 1. The molecule has 0 atom stereocenters. The Hall–Kier alpha value is -3.50. The van der Waals surface area contributed by atoms with Gasteiger partial charge in [0.25, 0.3) is 5.91 Å². The standard InChI is InChI=1S/C26H25N4O4S/c1-18-9-10-21-20(16-18)23(27-11-13-28(14-12-27)25(31)22-8-5-15-35-22)24(30(33)34)26(32)29(21)17-19-6-3-2-4-7-19/h2-10,15-16,30H,11-14,17H2,1H3/q-1. The van der Waals surface area contributed by atoms with E-state index in [1.807, 2.05) is 71.8 Å². The molecule has 180 valence electrons. The van der Waals surface area contributed by atoms with Gasteiger partial charge in [-0.05, 0) is 36.1 Å². The summed E-state index contributed by atoms with van der Waals surface area (Å²) in [5.41, 5.74) is 1.98. The molecule has 3 heterocycles. The largest absolute Gasteiger partial charge is 0.627 e. The van der Waals surface area contributed by atoms with Gasteiger partial charge in [0.1, 0.15) is 5.69 Å². The topological polar surface area (TPSA) is 96.1 Å². The van der Waals surface area contributed by atoms with Crippen molar-refractivity contribution in [2.24, 2.45) is 0 Å². The SMILES string of the molecule is Cc1ccc2c(c1)c(N1CCN(C(=O)c3cccs3)CC1)c([NH+]([O-])[O-])c(=O)n2Cc1ccccc1. The van der Waals surface area contributed by atoms with Gasteiger partial charge >= 0.3 is 5.56 Å². The lowest BCUT2D eigenvalue weighted by Gasteiger charge is -2.38. The summed E-state index contributed by atoms with van der Waals surface area (Å²) in [7, 11) is 0. The zero-order valence-electron chi connectivity index (χ0n) is 19.3. The number of carbonyl (C=O) groups is 1. The molecule has 1 aliphatic rings. The third-order valence-electron chi connectivity index (χ3n) is 6.40. The van der Waals surface area contributed by atoms with Crippen LogP contribution in [0.25, 0.3) is 10.9 Å². The van der Waals surface area contributed by atoms with Gasteiger partial charge < -0.3 is 25.4 Å². The molecule has 0 aliphatic carbocycles. The first kappa shape index (κ1) is 23.3. The van der Waals surface area contributed by atoms with Gasteiger partial charge in [0.15, 0.2) is 0 Å². The van der Waals surface area contributed by atoms with Crippen LogP contribution in [-0.2, 0) is 6.54 Å². The number of nitrogens with one attached hydrogen (secondary N) is 1. The number of thiophene rings is 1. The van der Waals surface area contributed by atoms with E-state index in [-0.39, 0.29) is 18.1 Å². The summed E-state index contributed by atoms with van der Waals surface area (Å²) < 4.78 is 1.51. The maximum absolute atomic E-state index is 13.6. The first-order valence-corrected chi connectivity index (χ1v) is 12.3. The fraction of sp³-hybridized carbons (Fsp3) is 0.231. The Morgan fingerprint density at radius 1 is 1.00 bits per heavy atom. The van der Waals surface area contributed by atoms with E-state index in [0.717, 1.165) is 11.1 Å². The molecule has 0 spiro atoms. The van der Waals surface area contributed by atoms with Gasteiger partial charge in [-0.15, -0.1) is 11.3 Å². The molecule has 0 radical (unpaired) electrons. The van der Waals surface area contributed by atoms with Crippen molar-refractivity contribution in [3.05, 3.63) is 103 Å². The second-order valence-corrected chi connectivity index (χ2v) is 9.61. The highest BCUT2D eigenvalue weighted by atomic mass is 32.1. The van der Waals surface area contributed by atoms with E-state index in [1.165, 1.54) is 15.9 Å². The van der Waals surface area contributed by atoms with Crippen molar-refractivity contribution >= 4 is 39.5 Å². The third-order valence-corrected chi connectivity index (χ3v) is 7.25. The van der Waals surface area contributed by atoms with E-state index in [0.29, 0.717) is 47.6 Å². The van der Waals surface area contributed by atoms with Crippen LogP contribution in [0.3, 0.4) is 0 Å². The molecule has 35 heavy (non-hydrogen) atoms. The fourth-order valence-corrected chi connectivity index (χ4v) is 5.37. The molecule has 0 saturated carbocycles. The van der Waals surface area contributed by atoms with Crippen molar-refractivity contribution in [3.8, 4) is 0 Å². The molecule has 0 unspecified atom stereocenters. The summed E-state index contributed by atoms with van der Waals surface area (Å²) in [4.78, 5) is 30.7. The minimum Gasteiger partial charge on any atom is -0.627 e. The number of benzene rings is 2. The predicted molar refractivity (Wildman–Crippen MR) is 138 cm³/mol. The molecular weight excluding hydrogens is 464 g/mol. The first-order valence-electron chi connectivity index (χ1n) is 11.4. The number of aryl methyl sites for hydroxylation is 1. The Morgan fingerprint density at radius 2 is 1.74 bits per heavy atom. The van der Waals surface area contributed by atoms with Crippen molar-refractivity contribution in [1.82, 2.24) is 9.47 Å². The van der Waals surface area contributed by atoms with E-state index < -0.39 is 10.8 Å². The molecule has 2 aromatic carbocycles. The summed E-state index contributed by atoms with van der Waals surface area (Å²) in [5.74, 6) is -0.0289. The molecular formula is C26H25N4O4S-. The maximum atomic E-state index is 13.6. The second-order valence-electron chi connectivity index (χ2n) is 8.67. The zero-order chi connectivity index (χ0) is 24.5. The average molecular weight is 490 g/mol. The molecule has 1 saturated heterocycles. The van der Waals surface area contributed by atoms with Gasteiger partial charge in [-0.25, -0.2) is 0 Å². The van der Waals surface area contributed by atoms with Crippen LogP contribution in [0.1, 0.15) is 20.8 Å². The summed E-state index contributed by atoms with van der Waals surface area (Å²) >= 11 is 1.40. The molecule has 1 amide bonds. The molecule has 1 fully saturated rings. The van der Waals surface area contributed by atoms with Crippen LogP contribution in [0, 0.1) is 17.3 Å². The van der Waals surface area contributed by atoms with Gasteiger partial charge in [-0.3, -0.25) is 14.2 Å². The molecule has 5 rings (SSSR count). The lowest BCUT2D eigenvalue weighted by Crippen LogP contribution is -2.97. The molecule has 0 bridgehead atoms. The van der Waals surface area contributed by atoms with Crippen molar-refractivity contribution in [1.29, 1.82) is 0 Å². The number of amides is 1. The smallest absolute Gasteiger partial charge is 0.315 e. The van der Waals surface area contributed by atoms with E-state index in [2.05, 4.69) is 0 Å². The Kier molecular flexibility index (Phi) is 6.40. The number of nitrogens with zero attached hydrogens (tertiary/aromatic N) is 3. The van der Waals surface area contributed by atoms with E-state index >= 15 is 0 Å². The highest BCUT2D eigenvalue weighted by molar-refractivity contribution is 7.12. The number of aromatic nitrogens is 1. The van der Waals surface area contributed by atoms with Gasteiger partial charge in [0.05, 0.1) is 16.9 Å². The molecule has 1 N–H and O–H groups in total. The number of quaternary nitrogens is 1. The number of pyridine rings is 1. The number of anilines is 1. The van der Waals surface area contributed by atoms with Crippen molar-refractivity contribution in [2.75, 3.05) is 31.1 Å². The lowest BCUT2D eigenvalue weighted by molar-refractivity contribution is -0.715.